The molecule has 12 nitrogen and oxygen atoms in total. The largest absolute Gasteiger partial charge is 0.444 e. The number of rotatable bonds is 14. The van der Waals surface area contributed by atoms with Gasteiger partial charge in [0.15, 0.2) is 0 Å². The van der Waals surface area contributed by atoms with Crippen LogP contribution in [0.1, 0.15) is 16.7 Å². The number of nitrogens with zero attached hydrogens (tertiary/aromatic N) is 3. The first-order valence-electron chi connectivity index (χ1n) is 15.7. The Morgan fingerprint density at radius 2 is 1.39 bits per heavy atom. The van der Waals surface area contributed by atoms with Crippen molar-refractivity contribution in [3.05, 3.63) is 149 Å². The zero-order valence-corrected chi connectivity index (χ0v) is 27.0. The van der Waals surface area contributed by atoms with Crippen molar-refractivity contribution in [3.63, 3.8) is 0 Å². The molecule has 3 aromatic carbocycles. The molecule has 0 saturated carbocycles. The number of nitrogens with one attached hydrogen (secondary N) is 3. The number of alkyl halides is 2. The van der Waals surface area contributed by atoms with E-state index in [4.69, 9.17) is 4.74 Å². The lowest BCUT2D eigenvalue weighted by Gasteiger charge is -2.23. The predicted molar refractivity (Wildman–Crippen MR) is 182 cm³/mol. The maximum atomic E-state index is 15.4. The summed E-state index contributed by atoms with van der Waals surface area (Å²) >= 11 is 0. The molecule has 1 unspecified atom stereocenters. The van der Waals surface area contributed by atoms with Gasteiger partial charge in [0.05, 0.1) is 12.2 Å². The van der Waals surface area contributed by atoms with E-state index in [1.54, 1.807) is 91.0 Å². The predicted octanol–water partition coefficient (Wildman–Crippen LogP) is 4.30. The topological polar surface area (TPSA) is 161 Å². The Bertz CT molecular complexity index is 2030. The third-order valence-electron chi connectivity index (χ3n) is 7.56. The molecule has 2 aromatic heterocycles. The lowest BCUT2D eigenvalue weighted by atomic mass is 9.98. The highest BCUT2D eigenvalue weighted by Gasteiger charge is 2.50. The fourth-order valence-electron chi connectivity index (χ4n) is 4.99. The summed E-state index contributed by atoms with van der Waals surface area (Å²) < 4.78 is 36.9. The van der Waals surface area contributed by atoms with Gasteiger partial charge in [-0.05, 0) is 28.8 Å². The Morgan fingerprint density at radius 3 is 2.02 bits per heavy atom. The molecule has 0 aliphatic carbocycles. The lowest BCUT2D eigenvalue weighted by Crippen LogP contribution is -2.55. The highest BCUT2D eigenvalue weighted by molar-refractivity contribution is 6.10. The number of halogens is 2. The van der Waals surface area contributed by atoms with Crippen molar-refractivity contribution in [1.29, 1.82) is 0 Å². The number of ether oxygens (including phenoxy) is 1. The van der Waals surface area contributed by atoms with E-state index in [9.17, 15) is 24.0 Å². The first-order chi connectivity index (χ1) is 24.6. The Balaban J connectivity index is 1.38. The van der Waals surface area contributed by atoms with Crippen LogP contribution in [0.5, 0.6) is 0 Å². The zero-order valence-electron chi connectivity index (χ0n) is 27.0. The summed E-state index contributed by atoms with van der Waals surface area (Å²) in [5.41, 5.74) is 0.817. The summed E-state index contributed by atoms with van der Waals surface area (Å²) in [6.07, 6.45) is 2.60. The molecule has 14 heteroatoms. The van der Waals surface area contributed by atoms with Gasteiger partial charge in [-0.15, -0.1) is 0 Å². The molecule has 5 aromatic rings. The van der Waals surface area contributed by atoms with Crippen molar-refractivity contribution < 1.29 is 32.7 Å². The molecule has 51 heavy (non-hydrogen) atoms. The van der Waals surface area contributed by atoms with Gasteiger partial charge >= 0.3 is 12.0 Å². The molecule has 5 rings (SSSR count). The van der Waals surface area contributed by atoms with E-state index < -0.39 is 47.8 Å². The maximum Gasteiger partial charge on any atom is 0.412 e. The van der Waals surface area contributed by atoms with Crippen molar-refractivity contribution in [1.82, 2.24) is 25.2 Å². The molecule has 0 fully saturated rings. The van der Waals surface area contributed by atoms with Gasteiger partial charge in [-0.1, -0.05) is 91.0 Å². The molecule has 0 spiro atoms. The number of amides is 3. The average molecular weight is 695 g/mol. The van der Waals surface area contributed by atoms with Crippen LogP contribution in [0.15, 0.2) is 127 Å². The first-order valence-corrected chi connectivity index (χ1v) is 15.7. The Morgan fingerprint density at radius 1 is 0.804 bits per heavy atom. The van der Waals surface area contributed by atoms with E-state index in [1.165, 1.54) is 24.5 Å². The number of aromatic nitrogens is 3. The molecule has 0 bridgehead atoms. The number of hydrogen-bond acceptors (Lipinski definition) is 8. The van der Waals surface area contributed by atoms with Crippen molar-refractivity contribution in [2.75, 3.05) is 5.32 Å². The van der Waals surface area contributed by atoms with Gasteiger partial charge in [0.1, 0.15) is 24.7 Å². The van der Waals surface area contributed by atoms with E-state index in [-0.39, 0.29) is 31.1 Å². The lowest BCUT2D eigenvalue weighted by molar-refractivity contribution is -0.160. The summed E-state index contributed by atoms with van der Waals surface area (Å²) in [5.74, 6) is -9.24. The summed E-state index contributed by atoms with van der Waals surface area (Å²) in [5, 5.41) is 6.69. The molecule has 0 radical (unpaired) electrons. The van der Waals surface area contributed by atoms with E-state index in [2.05, 4.69) is 25.9 Å². The second-order valence-corrected chi connectivity index (χ2v) is 11.2. The number of carbonyl (C=O) groups excluding carboxylic acids is 4. The van der Waals surface area contributed by atoms with Crippen LogP contribution in [0.4, 0.5) is 19.3 Å². The van der Waals surface area contributed by atoms with Crippen LogP contribution in [0, 0.1) is 0 Å². The van der Waals surface area contributed by atoms with E-state index in [0.717, 1.165) is 10.8 Å². The first kappa shape index (κ1) is 35.7. The minimum absolute atomic E-state index is 0.0164. The SMILES string of the molecule is O=C(Cn1c(-c2ccncc2)ncc(NC(=O)OCc2ccccc2)c1=O)NC(Cc1ccccc1)C(=O)C(F)(F)C(=O)NCc1ccccc1. The van der Waals surface area contributed by atoms with E-state index in [1.807, 2.05) is 0 Å². The maximum absolute atomic E-state index is 15.4. The van der Waals surface area contributed by atoms with Crippen LogP contribution in [0.2, 0.25) is 0 Å². The molecule has 0 saturated heterocycles. The zero-order chi connectivity index (χ0) is 36.2. The van der Waals surface area contributed by atoms with E-state index in [0.29, 0.717) is 22.3 Å². The second kappa shape index (κ2) is 16.7. The van der Waals surface area contributed by atoms with Gasteiger partial charge in [0.2, 0.25) is 11.7 Å². The van der Waals surface area contributed by atoms with Crippen LogP contribution in [0.3, 0.4) is 0 Å². The van der Waals surface area contributed by atoms with Gasteiger partial charge in [-0.2, -0.15) is 8.78 Å². The molecule has 1 atom stereocenters. The fraction of sp³-hybridized carbons (Fsp3) is 0.162. The van der Waals surface area contributed by atoms with Crippen molar-refractivity contribution in [3.8, 4) is 11.4 Å². The van der Waals surface area contributed by atoms with Crippen molar-refractivity contribution in [2.24, 2.45) is 0 Å². The third kappa shape index (κ3) is 9.53. The van der Waals surface area contributed by atoms with Gasteiger partial charge in [-0.25, -0.2) is 9.78 Å². The Hall–Kier alpha value is -6.57. The molecular weight excluding hydrogens is 662 g/mol. The number of anilines is 1. The highest BCUT2D eigenvalue weighted by Crippen LogP contribution is 2.21. The number of Topliss-reactive ketones (excluding diaryl/α,β-unsaturated/α-hetero) is 1. The minimum atomic E-state index is -4.52. The number of hydrogen-bond donors (Lipinski definition) is 3. The quantitative estimate of drug-likeness (QED) is 0.145. The fourth-order valence-corrected chi connectivity index (χ4v) is 4.99. The highest BCUT2D eigenvalue weighted by atomic mass is 19.3. The average Bonchev–Trinajstić information content (AvgIpc) is 3.15. The Labute approximate surface area is 290 Å². The summed E-state index contributed by atoms with van der Waals surface area (Å²) in [6, 6.07) is 26.4. The molecule has 2 heterocycles. The molecular formula is C37H32F2N6O6. The van der Waals surface area contributed by atoms with E-state index >= 15 is 8.78 Å². The minimum Gasteiger partial charge on any atom is -0.444 e. The van der Waals surface area contributed by atoms with Crippen LogP contribution >= 0.6 is 0 Å². The van der Waals surface area contributed by atoms with Gasteiger partial charge in [-0.3, -0.25) is 34.0 Å². The van der Waals surface area contributed by atoms with Crippen molar-refractivity contribution in [2.45, 2.75) is 38.1 Å². The van der Waals surface area contributed by atoms with Crippen molar-refractivity contribution >= 4 is 29.4 Å². The van der Waals surface area contributed by atoms with Gasteiger partial charge in [0.25, 0.3) is 11.5 Å². The summed E-state index contributed by atoms with van der Waals surface area (Å²) in [4.78, 5) is 73.9. The number of ketones is 1. The van der Waals surface area contributed by atoms with Crippen LogP contribution < -0.4 is 21.5 Å². The molecule has 0 aliphatic rings. The van der Waals surface area contributed by atoms with Gasteiger partial charge in [0, 0.05) is 30.9 Å². The number of pyridine rings is 1. The van der Waals surface area contributed by atoms with Crippen LogP contribution in [-0.2, 0) is 45.2 Å². The molecule has 3 N–H and O–H groups in total. The van der Waals surface area contributed by atoms with Gasteiger partial charge < -0.3 is 15.4 Å². The smallest absolute Gasteiger partial charge is 0.412 e. The molecule has 0 aliphatic heterocycles. The summed E-state index contributed by atoms with van der Waals surface area (Å²) in [6.45, 7) is -1.14. The second-order valence-electron chi connectivity index (χ2n) is 11.2. The van der Waals surface area contributed by atoms with Crippen LogP contribution in [0.25, 0.3) is 11.4 Å². The monoisotopic (exact) mass is 694 g/mol. The molecule has 3 amide bonds. The third-order valence-corrected chi connectivity index (χ3v) is 7.56. The molecule has 260 valence electrons. The standard InChI is InChI=1S/C37H32F2N6O6/c38-37(39,35(49)42-21-26-12-6-2-7-13-26)32(47)29(20-25-10-4-1-5-11-25)43-31(46)23-45-33(28-16-18-40-19-17-28)41-22-30(34(45)48)44-36(50)51-24-27-14-8-3-9-15-27/h1-19,22,29H,20-21,23-24H2,(H,42,49)(H,43,46)(H,44,50). The Kier molecular flexibility index (Phi) is 11.7. The number of carbonyl (C=O) groups is 4. The summed E-state index contributed by atoms with van der Waals surface area (Å²) in [7, 11) is 0. The number of benzene rings is 3. The normalized spacial score (nSPS) is 11.6. The van der Waals surface area contributed by atoms with Crippen LogP contribution in [-0.4, -0.2) is 50.2 Å².